The number of amides is 1. The Kier molecular flexibility index (Phi) is 5.02. The second-order valence-electron chi connectivity index (χ2n) is 5.83. The minimum absolute atomic E-state index is 0.0197. The second kappa shape index (κ2) is 6.86. The lowest BCUT2D eigenvalue weighted by Gasteiger charge is -2.31. The lowest BCUT2D eigenvalue weighted by Crippen LogP contribution is -2.44. The first-order chi connectivity index (χ1) is 11.0. The normalized spacial score (nSPS) is 16.0. The maximum Gasteiger partial charge on any atom is 0.275 e. The van der Waals surface area contributed by atoms with Gasteiger partial charge < -0.3 is 14.8 Å². The Bertz CT molecular complexity index is 795. The predicted octanol–water partition coefficient (Wildman–Crippen LogP) is 2.01. The van der Waals surface area contributed by atoms with Crippen molar-refractivity contribution < 1.29 is 4.79 Å². The smallest absolute Gasteiger partial charge is 0.275 e. The van der Waals surface area contributed by atoms with E-state index in [1.807, 2.05) is 24.2 Å². The molecular formula is C15H19IN4O2S. The van der Waals surface area contributed by atoms with Crippen LogP contribution in [0.3, 0.4) is 0 Å². The van der Waals surface area contributed by atoms with E-state index in [0.717, 1.165) is 31.3 Å². The number of aryl methyl sites for hydroxylation is 1. The molecule has 1 amide bonds. The van der Waals surface area contributed by atoms with Crippen molar-refractivity contribution in [3.63, 3.8) is 0 Å². The first kappa shape index (κ1) is 16.8. The van der Waals surface area contributed by atoms with Gasteiger partial charge in [-0.25, -0.2) is 0 Å². The van der Waals surface area contributed by atoms with Gasteiger partial charge in [0.05, 0.1) is 5.56 Å². The molecule has 0 radical (unpaired) electrons. The van der Waals surface area contributed by atoms with Crippen LogP contribution in [0.4, 0.5) is 0 Å². The molecule has 0 bridgehead atoms. The summed E-state index contributed by atoms with van der Waals surface area (Å²) in [6.07, 6.45) is 5.42. The van der Waals surface area contributed by atoms with E-state index in [4.69, 9.17) is 0 Å². The third-order valence-corrected chi connectivity index (χ3v) is 6.20. The Morgan fingerprint density at radius 3 is 2.78 bits per heavy atom. The van der Waals surface area contributed by atoms with Crippen molar-refractivity contribution >= 4 is 47.1 Å². The second-order valence-corrected chi connectivity index (χ2v) is 7.54. The van der Waals surface area contributed by atoms with Crippen molar-refractivity contribution in [3.05, 3.63) is 34.4 Å². The summed E-state index contributed by atoms with van der Waals surface area (Å²) in [5.74, 6) is -0.0197. The van der Waals surface area contributed by atoms with Crippen LogP contribution in [-0.2, 0) is 7.05 Å². The van der Waals surface area contributed by atoms with Gasteiger partial charge in [-0.3, -0.25) is 13.6 Å². The average Bonchev–Trinajstić information content (AvgIpc) is 3.02. The van der Waals surface area contributed by atoms with E-state index in [0.29, 0.717) is 11.1 Å². The number of hydrogen-bond donors (Lipinski definition) is 1. The van der Waals surface area contributed by atoms with E-state index in [2.05, 4.69) is 26.5 Å². The summed E-state index contributed by atoms with van der Waals surface area (Å²) in [5.41, 5.74) is 1.07. The summed E-state index contributed by atoms with van der Waals surface area (Å²) in [4.78, 5) is 27.2. The number of nitrogens with zero attached hydrogens (tertiary/aromatic N) is 3. The van der Waals surface area contributed by atoms with Crippen molar-refractivity contribution in [1.29, 1.82) is 0 Å². The Morgan fingerprint density at radius 1 is 1.43 bits per heavy atom. The topological polar surface area (TPSA) is 59.3 Å². The molecule has 3 heterocycles. The first-order valence-electron chi connectivity index (χ1n) is 7.52. The van der Waals surface area contributed by atoms with Crippen LogP contribution in [-0.4, -0.2) is 45.5 Å². The fraction of sp³-hybridized carbons (Fsp3) is 0.467. The first-order valence-corrected chi connectivity index (χ1v) is 10.8. The van der Waals surface area contributed by atoms with E-state index in [9.17, 15) is 9.59 Å². The molecule has 1 fully saturated rings. The number of carbonyl (C=O) groups is 1. The van der Waals surface area contributed by atoms with Crippen molar-refractivity contribution in [2.24, 2.45) is 7.05 Å². The minimum Gasteiger partial charge on any atom is -0.339 e. The molecular weight excluding hydrogens is 427 g/mol. The van der Waals surface area contributed by atoms with Crippen LogP contribution >= 0.6 is 30.3 Å². The van der Waals surface area contributed by atoms with Crippen molar-refractivity contribution in [1.82, 2.24) is 18.8 Å². The number of rotatable bonds is 3. The van der Waals surface area contributed by atoms with Crippen LogP contribution < -0.4 is 10.9 Å². The number of piperidine rings is 1. The van der Waals surface area contributed by atoms with E-state index in [1.165, 1.54) is 13.7 Å². The molecule has 124 valence electrons. The number of carbonyl (C=O) groups excluding carboxylic acids is 1. The summed E-state index contributed by atoms with van der Waals surface area (Å²) in [5, 5.41) is 4.04. The Labute approximate surface area is 150 Å². The van der Waals surface area contributed by atoms with Gasteiger partial charge in [0.15, 0.2) is 0 Å². The van der Waals surface area contributed by atoms with Gasteiger partial charge in [0, 0.05) is 68.2 Å². The number of halogens is 1. The van der Waals surface area contributed by atoms with E-state index in [-0.39, 0.29) is 17.5 Å². The summed E-state index contributed by atoms with van der Waals surface area (Å²) in [7, 11) is 4.98. The number of hydrogen-bond acceptors (Lipinski definition) is 4. The minimum atomic E-state index is -0.0877. The molecule has 2 aromatic heterocycles. The number of fused-ring (bicyclic) bond motifs is 1. The highest BCUT2D eigenvalue weighted by Crippen LogP contribution is 2.26. The molecule has 3 rings (SSSR count). The summed E-state index contributed by atoms with van der Waals surface area (Å²) in [6, 6.07) is 2.10. The quantitative estimate of drug-likeness (QED) is 0.734. The lowest BCUT2D eigenvalue weighted by atomic mass is 10.0. The zero-order valence-corrected chi connectivity index (χ0v) is 16.1. The van der Waals surface area contributed by atoms with Crippen molar-refractivity contribution in [2.75, 3.05) is 20.1 Å². The molecule has 2 aromatic rings. The number of nitrogens with one attached hydrogen (secondary N) is 1. The highest BCUT2D eigenvalue weighted by Gasteiger charge is 2.25. The number of aromatic nitrogens is 2. The molecule has 0 atom stereocenters. The predicted molar refractivity (Wildman–Crippen MR) is 102 cm³/mol. The molecule has 1 aliphatic rings. The highest BCUT2D eigenvalue weighted by molar-refractivity contribution is 14.2. The molecule has 6 nitrogen and oxygen atoms in total. The molecule has 0 saturated carbocycles. The SMILES string of the molecule is CN(C(=O)c1cn(C)c(=O)c2c1ccn2SI)C1CCNCC1. The fourth-order valence-electron chi connectivity index (χ4n) is 3.11. The standard InChI is InChI=1S/C15H19IN4O2S/c1-18-9-12(11-5-8-20(23-16)13(11)15(18)22)14(21)19(2)10-3-6-17-7-4-10/h5,8-10,17H,3-4,6-7H2,1-2H3. The molecule has 1 saturated heterocycles. The van der Waals surface area contributed by atoms with Crippen LogP contribution in [0.5, 0.6) is 0 Å². The third-order valence-electron chi connectivity index (χ3n) is 4.47. The van der Waals surface area contributed by atoms with E-state index in [1.54, 1.807) is 17.2 Å². The van der Waals surface area contributed by atoms with Gasteiger partial charge in [-0.2, -0.15) is 0 Å². The number of pyridine rings is 1. The molecule has 1 N–H and O–H groups in total. The van der Waals surface area contributed by atoms with Crippen LogP contribution in [0.2, 0.25) is 0 Å². The summed E-state index contributed by atoms with van der Waals surface area (Å²) < 4.78 is 3.30. The fourth-order valence-corrected chi connectivity index (χ4v) is 4.44. The molecule has 8 heteroatoms. The van der Waals surface area contributed by atoms with Crippen molar-refractivity contribution in [3.8, 4) is 0 Å². The van der Waals surface area contributed by atoms with Crippen LogP contribution in [0.15, 0.2) is 23.3 Å². The zero-order chi connectivity index (χ0) is 16.6. The van der Waals surface area contributed by atoms with Crippen LogP contribution in [0, 0.1) is 0 Å². The maximum absolute atomic E-state index is 13.0. The Balaban J connectivity index is 2.05. The molecule has 0 aliphatic carbocycles. The monoisotopic (exact) mass is 446 g/mol. The largest absolute Gasteiger partial charge is 0.339 e. The summed E-state index contributed by atoms with van der Waals surface area (Å²) in [6.45, 7) is 1.87. The van der Waals surface area contributed by atoms with Gasteiger partial charge in [-0.05, 0) is 32.0 Å². The maximum atomic E-state index is 13.0. The van der Waals surface area contributed by atoms with Gasteiger partial charge in [0.25, 0.3) is 11.5 Å². The van der Waals surface area contributed by atoms with E-state index >= 15 is 0 Å². The van der Waals surface area contributed by atoms with Crippen LogP contribution in [0.1, 0.15) is 23.2 Å². The van der Waals surface area contributed by atoms with Gasteiger partial charge in [0.2, 0.25) is 0 Å². The average molecular weight is 446 g/mol. The Morgan fingerprint density at radius 2 is 2.13 bits per heavy atom. The van der Waals surface area contributed by atoms with Crippen molar-refractivity contribution in [2.45, 2.75) is 18.9 Å². The van der Waals surface area contributed by atoms with Gasteiger partial charge in [-0.15, -0.1) is 0 Å². The third kappa shape index (κ3) is 3.03. The molecule has 0 unspecified atom stereocenters. The lowest BCUT2D eigenvalue weighted by molar-refractivity contribution is 0.0704. The Hall–Kier alpha value is -1.00. The molecule has 0 aromatic carbocycles. The summed E-state index contributed by atoms with van der Waals surface area (Å²) >= 11 is 2.13. The van der Waals surface area contributed by atoms with E-state index < -0.39 is 0 Å². The van der Waals surface area contributed by atoms with Gasteiger partial charge in [0.1, 0.15) is 5.52 Å². The zero-order valence-electron chi connectivity index (χ0n) is 13.1. The highest BCUT2D eigenvalue weighted by atomic mass is 127. The van der Waals surface area contributed by atoms with Crippen LogP contribution in [0.25, 0.3) is 10.9 Å². The van der Waals surface area contributed by atoms with Gasteiger partial charge in [-0.1, -0.05) is 0 Å². The molecule has 23 heavy (non-hydrogen) atoms. The van der Waals surface area contributed by atoms with Gasteiger partial charge >= 0.3 is 0 Å². The molecule has 1 aliphatic heterocycles. The molecule has 0 spiro atoms.